The van der Waals surface area contributed by atoms with Crippen molar-refractivity contribution in [3.05, 3.63) is 83.9 Å². The molecule has 32 heavy (non-hydrogen) atoms. The Morgan fingerprint density at radius 3 is 1.62 bits per heavy atom. The van der Waals surface area contributed by atoms with Crippen molar-refractivity contribution in [1.29, 1.82) is 0 Å². The van der Waals surface area contributed by atoms with Crippen molar-refractivity contribution in [2.24, 2.45) is 0 Å². The Morgan fingerprint density at radius 2 is 1.00 bits per heavy atom. The maximum atomic E-state index is 2.47. The summed E-state index contributed by atoms with van der Waals surface area (Å²) in [6.07, 6.45) is 13.8. The van der Waals surface area contributed by atoms with Gasteiger partial charge in [0, 0.05) is 0 Å². The third kappa shape index (κ3) is 3.64. The van der Waals surface area contributed by atoms with Crippen molar-refractivity contribution in [1.82, 2.24) is 0 Å². The summed E-state index contributed by atoms with van der Waals surface area (Å²) in [7, 11) is 0. The molecule has 0 aliphatic heterocycles. The number of fused-ring (bicyclic) bond motifs is 2. The van der Waals surface area contributed by atoms with Gasteiger partial charge in [0.1, 0.15) is 0 Å². The topological polar surface area (TPSA) is 0 Å². The van der Waals surface area contributed by atoms with Gasteiger partial charge in [-0.05, 0) is 93.5 Å². The van der Waals surface area contributed by atoms with Gasteiger partial charge in [0.2, 0.25) is 0 Å². The van der Waals surface area contributed by atoms with Crippen LogP contribution in [0, 0.1) is 0 Å². The lowest BCUT2D eigenvalue weighted by Gasteiger charge is -2.30. The Balaban J connectivity index is 1.60. The minimum atomic E-state index is 0.720. The molecule has 2 saturated carbocycles. The van der Waals surface area contributed by atoms with E-state index in [1.807, 2.05) is 0 Å². The second-order valence-corrected chi connectivity index (χ2v) is 10.2. The molecule has 2 aliphatic carbocycles. The van der Waals surface area contributed by atoms with Crippen LogP contribution in [-0.2, 0) is 0 Å². The van der Waals surface area contributed by atoms with Crippen molar-refractivity contribution in [2.45, 2.75) is 76.0 Å². The smallest absolute Gasteiger partial charge is 0.00988 e. The van der Waals surface area contributed by atoms with Gasteiger partial charge in [0.25, 0.3) is 0 Å². The van der Waals surface area contributed by atoms with E-state index in [1.165, 1.54) is 91.3 Å². The van der Waals surface area contributed by atoms with E-state index in [0.717, 1.165) is 11.8 Å². The first-order valence-electron chi connectivity index (χ1n) is 12.9. The molecule has 2 aliphatic rings. The summed E-state index contributed by atoms with van der Waals surface area (Å²) < 4.78 is 0. The van der Waals surface area contributed by atoms with Crippen LogP contribution >= 0.6 is 0 Å². The third-order valence-corrected chi connectivity index (χ3v) is 8.23. The van der Waals surface area contributed by atoms with E-state index < -0.39 is 0 Å². The fraction of sp³-hybridized carbons (Fsp3) is 0.375. The van der Waals surface area contributed by atoms with Gasteiger partial charge >= 0.3 is 0 Å². The van der Waals surface area contributed by atoms with Gasteiger partial charge in [-0.2, -0.15) is 0 Å². The van der Waals surface area contributed by atoms with Crippen LogP contribution in [0.25, 0.3) is 32.7 Å². The van der Waals surface area contributed by atoms with Crippen molar-refractivity contribution < 1.29 is 0 Å². The summed E-state index contributed by atoms with van der Waals surface area (Å²) in [6, 6.07) is 28.0. The van der Waals surface area contributed by atoms with Crippen LogP contribution in [0.15, 0.2) is 72.8 Å². The molecule has 0 heteroatoms. The molecule has 4 aromatic rings. The lowest BCUT2D eigenvalue weighted by molar-refractivity contribution is 0.437. The van der Waals surface area contributed by atoms with Crippen LogP contribution in [0.5, 0.6) is 0 Å². The average molecular weight is 419 g/mol. The Kier molecular flexibility index (Phi) is 5.47. The van der Waals surface area contributed by atoms with E-state index in [1.54, 1.807) is 16.7 Å². The molecular weight excluding hydrogens is 384 g/mol. The first-order valence-corrected chi connectivity index (χ1v) is 12.9. The van der Waals surface area contributed by atoms with Crippen LogP contribution in [0.4, 0.5) is 0 Å². The fourth-order valence-electron chi connectivity index (χ4n) is 6.59. The van der Waals surface area contributed by atoms with Crippen LogP contribution in [0.1, 0.15) is 87.2 Å². The summed E-state index contributed by atoms with van der Waals surface area (Å²) in [5.41, 5.74) is 6.32. The maximum absolute atomic E-state index is 2.47. The van der Waals surface area contributed by atoms with Crippen LogP contribution in [-0.4, -0.2) is 0 Å². The summed E-state index contributed by atoms with van der Waals surface area (Å²) >= 11 is 0. The average Bonchev–Trinajstić information content (AvgIpc) is 2.88. The number of rotatable bonds is 3. The van der Waals surface area contributed by atoms with Crippen LogP contribution in [0.3, 0.4) is 0 Å². The molecule has 6 rings (SSSR count). The number of benzene rings is 4. The molecule has 0 radical (unpaired) electrons. The highest BCUT2D eigenvalue weighted by molar-refractivity contribution is 6.05. The Bertz CT molecular complexity index is 1200. The summed E-state index contributed by atoms with van der Waals surface area (Å²) in [5.74, 6) is 1.44. The monoisotopic (exact) mass is 418 g/mol. The SMILES string of the molecule is c1cc(C2CCCCC2)c(-c2cccc3cc4ccccc4cc23)c(C2CCCCC2)c1. The first-order chi connectivity index (χ1) is 15.9. The highest BCUT2D eigenvalue weighted by atomic mass is 14.3. The molecule has 0 nitrogen and oxygen atoms in total. The lowest BCUT2D eigenvalue weighted by Crippen LogP contribution is -2.11. The van der Waals surface area contributed by atoms with Gasteiger partial charge in [0.05, 0.1) is 0 Å². The zero-order valence-corrected chi connectivity index (χ0v) is 19.2. The summed E-state index contributed by atoms with van der Waals surface area (Å²) in [4.78, 5) is 0. The Hall–Kier alpha value is -2.60. The van der Waals surface area contributed by atoms with Gasteiger partial charge < -0.3 is 0 Å². The molecule has 162 valence electrons. The zero-order valence-electron chi connectivity index (χ0n) is 19.2. The predicted molar refractivity (Wildman–Crippen MR) is 139 cm³/mol. The molecule has 0 unspecified atom stereocenters. The number of hydrogen-bond acceptors (Lipinski definition) is 0. The normalized spacial score (nSPS) is 18.4. The van der Waals surface area contributed by atoms with E-state index in [0.29, 0.717) is 0 Å². The molecule has 0 spiro atoms. The summed E-state index contributed by atoms with van der Waals surface area (Å²) in [6.45, 7) is 0. The molecule has 0 saturated heterocycles. The van der Waals surface area contributed by atoms with Crippen molar-refractivity contribution in [3.8, 4) is 11.1 Å². The van der Waals surface area contributed by atoms with E-state index in [9.17, 15) is 0 Å². The minimum absolute atomic E-state index is 0.720. The highest BCUT2D eigenvalue weighted by Crippen LogP contribution is 2.46. The Morgan fingerprint density at radius 1 is 0.469 bits per heavy atom. The standard InChI is InChI=1S/C32H34/c1-3-11-23(12-4-1)28-18-10-19-29(24-13-5-2-6-14-24)32(28)30-20-9-17-27-21-25-15-7-8-16-26(25)22-31(27)30/h7-10,15-24H,1-6,11-14H2. The maximum Gasteiger partial charge on any atom is -0.00988 e. The third-order valence-electron chi connectivity index (χ3n) is 8.23. The molecule has 0 heterocycles. The Labute approximate surface area is 192 Å². The molecule has 0 aromatic heterocycles. The van der Waals surface area contributed by atoms with Crippen molar-refractivity contribution in [2.75, 3.05) is 0 Å². The zero-order chi connectivity index (χ0) is 21.3. The highest BCUT2D eigenvalue weighted by Gasteiger charge is 2.26. The predicted octanol–water partition coefficient (Wildman–Crippen LogP) is 9.76. The largest absolute Gasteiger partial charge is 0.0617 e. The van der Waals surface area contributed by atoms with Gasteiger partial charge in [0.15, 0.2) is 0 Å². The van der Waals surface area contributed by atoms with E-state index in [2.05, 4.69) is 72.8 Å². The molecule has 0 amide bonds. The number of hydrogen-bond donors (Lipinski definition) is 0. The molecule has 0 bridgehead atoms. The minimum Gasteiger partial charge on any atom is -0.0617 e. The molecular formula is C32H34. The van der Waals surface area contributed by atoms with E-state index >= 15 is 0 Å². The fourth-order valence-corrected chi connectivity index (χ4v) is 6.59. The quantitative estimate of drug-likeness (QED) is 0.290. The van der Waals surface area contributed by atoms with Crippen LogP contribution < -0.4 is 0 Å². The molecule has 4 aromatic carbocycles. The second-order valence-electron chi connectivity index (χ2n) is 10.2. The molecule has 2 fully saturated rings. The van der Waals surface area contributed by atoms with Gasteiger partial charge in [-0.3, -0.25) is 0 Å². The van der Waals surface area contributed by atoms with E-state index in [-0.39, 0.29) is 0 Å². The first kappa shape index (κ1) is 20.0. The molecule has 0 N–H and O–H groups in total. The van der Waals surface area contributed by atoms with Gasteiger partial charge in [-0.25, -0.2) is 0 Å². The molecule has 0 atom stereocenters. The van der Waals surface area contributed by atoms with E-state index in [4.69, 9.17) is 0 Å². The van der Waals surface area contributed by atoms with Crippen molar-refractivity contribution >= 4 is 21.5 Å². The summed E-state index contributed by atoms with van der Waals surface area (Å²) in [5, 5.41) is 5.48. The second kappa shape index (κ2) is 8.74. The van der Waals surface area contributed by atoms with Crippen LogP contribution in [0.2, 0.25) is 0 Å². The van der Waals surface area contributed by atoms with Gasteiger partial charge in [-0.1, -0.05) is 99.2 Å². The van der Waals surface area contributed by atoms with Gasteiger partial charge in [-0.15, -0.1) is 0 Å². The van der Waals surface area contributed by atoms with Crippen molar-refractivity contribution in [3.63, 3.8) is 0 Å². The lowest BCUT2D eigenvalue weighted by atomic mass is 9.74.